The number of rotatable bonds is 9. The van der Waals surface area contributed by atoms with Crippen LogP contribution in [0.25, 0.3) is 0 Å². The van der Waals surface area contributed by atoms with E-state index < -0.39 is 0 Å². The first kappa shape index (κ1) is 23.7. The molecule has 0 saturated heterocycles. The molecule has 0 aromatic heterocycles. The molecule has 4 N–H and O–H groups in total. The van der Waals surface area contributed by atoms with Gasteiger partial charge < -0.3 is 21.1 Å². The van der Waals surface area contributed by atoms with E-state index in [1.165, 1.54) is 5.56 Å². The van der Waals surface area contributed by atoms with Crippen molar-refractivity contribution >= 4 is 41.5 Å². The Hall–Kier alpha value is -1.35. The largest absolute Gasteiger partial charge is 0.396 e. The first-order chi connectivity index (χ1) is 12.7. The lowest BCUT2D eigenvalue weighted by molar-refractivity contribution is -0.116. The Morgan fingerprint density at radius 3 is 2.78 bits per heavy atom. The van der Waals surface area contributed by atoms with Crippen molar-refractivity contribution in [2.24, 2.45) is 10.9 Å². The third kappa shape index (κ3) is 7.65. The van der Waals surface area contributed by atoms with E-state index in [2.05, 4.69) is 28.9 Å². The van der Waals surface area contributed by atoms with Crippen LogP contribution in [0.1, 0.15) is 51.0 Å². The number of hydrogen-bond donors (Lipinski definition) is 4. The fourth-order valence-electron chi connectivity index (χ4n) is 3.38. The standard InChI is InChI=1S/C20H32N4O2.HI/c1-3-7-15(10-11-25)13-22-20(21-4-2)23-14-16-12-19(26)24-18-9-6-5-8-17(16)18;/h5-6,8-9,15-16,25H,3-4,7,10-14H2,1-2H3,(H,24,26)(H2,21,22,23);1H. The summed E-state index contributed by atoms with van der Waals surface area (Å²) in [5.41, 5.74) is 2.07. The van der Waals surface area contributed by atoms with Crippen LogP contribution in [0.3, 0.4) is 0 Å². The quantitative estimate of drug-likeness (QED) is 0.245. The number of fused-ring (bicyclic) bond motifs is 1. The normalized spacial score (nSPS) is 17.4. The van der Waals surface area contributed by atoms with Crippen molar-refractivity contribution < 1.29 is 9.90 Å². The maximum Gasteiger partial charge on any atom is 0.225 e. The summed E-state index contributed by atoms with van der Waals surface area (Å²) in [5, 5.41) is 18.8. The van der Waals surface area contributed by atoms with Crippen LogP contribution in [0, 0.1) is 5.92 Å². The smallest absolute Gasteiger partial charge is 0.225 e. The minimum Gasteiger partial charge on any atom is -0.396 e. The van der Waals surface area contributed by atoms with E-state index >= 15 is 0 Å². The SMILES string of the molecule is CCCC(CCO)CN=C(NCC)NCC1CC(=O)Nc2ccccc21.I. The van der Waals surface area contributed by atoms with Crippen LogP contribution in [-0.4, -0.2) is 43.2 Å². The second kappa shape index (κ2) is 12.9. The number of carbonyl (C=O) groups is 1. The number of anilines is 1. The van der Waals surface area contributed by atoms with Crippen molar-refractivity contribution in [1.82, 2.24) is 10.6 Å². The van der Waals surface area contributed by atoms with Crippen LogP contribution in [0.2, 0.25) is 0 Å². The Bertz CT molecular complexity index is 603. The van der Waals surface area contributed by atoms with Gasteiger partial charge in [-0.25, -0.2) is 0 Å². The van der Waals surface area contributed by atoms with Crippen LogP contribution in [-0.2, 0) is 4.79 Å². The Morgan fingerprint density at radius 1 is 1.30 bits per heavy atom. The Morgan fingerprint density at radius 2 is 2.07 bits per heavy atom. The van der Waals surface area contributed by atoms with Gasteiger partial charge in [0.15, 0.2) is 5.96 Å². The van der Waals surface area contributed by atoms with E-state index in [4.69, 9.17) is 4.99 Å². The summed E-state index contributed by atoms with van der Waals surface area (Å²) < 4.78 is 0. The number of aliphatic hydroxyl groups excluding tert-OH is 1. The minimum atomic E-state index is 0. The lowest BCUT2D eigenvalue weighted by Crippen LogP contribution is -2.41. The third-order valence-corrected chi connectivity index (χ3v) is 4.71. The van der Waals surface area contributed by atoms with Crippen molar-refractivity contribution in [2.75, 3.05) is 31.6 Å². The molecule has 27 heavy (non-hydrogen) atoms. The molecule has 152 valence electrons. The van der Waals surface area contributed by atoms with Gasteiger partial charge in [-0.05, 0) is 37.3 Å². The summed E-state index contributed by atoms with van der Waals surface area (Å²) in [5.74, 6) is 1.37. The van der Waals surface area contributed by atoms with E-state index in [-0.39, 0.29) is 42.4 Å². The first-order valence-electron chi connectivity index (χ1n) is 9.69. The number of amides is 1. The Kier molecular flexibility index (Phi) is 11.3. The summed E-state index contributed by atoms with van der Waals surface area (Å²) >= 11 is 0. The van der Waals surface area contributed by atoms with Gasteiger partial charge in [0.25, 0.3) is 0 Å². The highest BCUT2D eigenvalue weighted by atomic mass is 127. The molecule has 1 amide bonds. The molecule has 2 atom stereocenters. The molecule has 2 rings (SSSR count). The van der Waals surface area contributed by atoms with E-state index in [9.17, 15) is 9.90 Å². The number of guanidine groups is 1. The van der Waals surface area contributed by atoms with Crippen molar-refractivity contribution in [3.8, 4) is 0 Å². The third-order valence-electron chi connectivity index (χ3n) is 4.71. The molecule has 1 heterocycles. The average molecular weight is 488 g/mol. The Balaban J connectivity index is 0.00000364. The van der Waals surface area contributed by atoms with Gasteiger partial charge in [-0.1, -0.05) is 31.5 Å². The van der Waals surface area contributed by atoms with Crippen molar-refractivity contribution in [3.63, 3.8) is 0 Å². The maximum atomic E-state index is 12.0. The lowest BCUT2D eigenvalue weighted by Gasteiger charge is -2.26. The highest BCUT2D eigenvalue weighted by Gasteiger charge is 2.24. The summed E-state index contributed by atoms with van der Waals surface area (Å²) in [6.45, 7) is 6.55. The lowest BCUT2D eigenvalue weighted by atomic mass is 9.90. The van der Waals surface area contributed by atoms with Gasteiger partial charge in [0.2, 0.25) is 5.91 Å². The van der Waals surface area contributed by atoms with Gasteiger partial charge in [0.05, 0.1) is 0 Å². The summed E-state index contributed by atoms with van der Waals surface area (Å²) in [7, 11) is 0. The highest BCUT2D eigenvalue weighted by Crippen LogP contribution is 2.31. The zero-order valence-corrected chi connectivity index (χ0v) is 18.7. The zero-order valence-electron chi connectivity index (χ0n) is 16.3. The molecule has 0 bridgehead atoms. The van der Waals surface area contributed by atoms with Crippen molar-refractivity contribution in [2.45, 2.75) is 45.4 Å². The van der Waals surface area contributed by atoms with Crippen LogP contribution in [0.4, 0.5) is 5.69 Å². The second-order valence-electron chi connectivity index (χ2n) is 6.80. The van der Waals surface area contributed by atoms with Crippen LogP contribution in [0.5, 0.6) is 0 Å². The molecule has 1 aromatic carbocycles. The molecule has 6 nitrogen and oxygen atoms in total. The van der Waals surface area contributed by atoms with Crippen molar-refractivity contribution in [1.29, 1.82) is 0 Å². The number of carbonyl (C=O) groups excluding carboxylic acids is 1. The molecule has 0 saturated carbocycles. The minimum absolute atomic E-state index is 0. The predicted molar refractivity (Wildman–Crippen MR) is 122 cm³/mol. The molecule has 0 fully saturated rings. The number of benzene rings is 1. The van der Waals surface area contributed by atoms with Gasteiger partial charge in [-0.15, -0.1) is 24.0 Å². The van der Waals surface area contributed by atoms with Crippen LogP contribution >= 0.6 is 24.0 Å². The number of para-hydroxylation sites is 1. The van der Waals surface area contributed by atoms with Gasteiger partial charge in [-0.2, -0.15) is 0 Å². The molecular weight excluding hydrogens is 455 g/mol. The number of aliphatic imine (C=N–C) groups is 1. The highest BCUT2D eigenvalue weighted by molar-refractivity contribution is 14.0. The number of halogens is 1. The molecule has 1 aromatic rings. The van der Waals surface area contributed by atoms with E-state index in [0.717, 1.165) is 37.5 Å². The zero-order chi connectivity index (χ0) is 18.8. The summed E-state index contributed by atoms with van der Waals surface area (Å²) in [6.07, 6.45) is 3.43. The number of nitrogens with zero attached hydrogens (tertiary/aromatic N) is 1. The first-order valence-corrected chi connectivity index (χ1v) is 9.69. The number of aliphatic hydroxyl groups is 1. The molecule has 1 aliphatic heterocycles. The molecular formula is C20H33IN4O2. The molecule has 0 spiro atoms. The number of hydrogen-bond acceptors (Lipinski definition) is 3. The molecule has 1 aliphatic rings. The second-order valence-corrected chi connectivity index (χ2v) is 6.80. The molecule has 0 radical (unpaired) electrons. The van der Waals surface area contributed by atoms with Gasteiger partial charge >= 0.3 is 0 Å². The van der Waals surface area contributed by atoms with Crippen LogP contribution in [0.15, 0.2) is 29.3 Å². The number of nitrogens with one attached hydrogen (secondary N) is 3. The van der Waals surface area contributed by atoms with E-state index in [0.29, 0.717) is 25.4 Å². The van der Waals surface area contributed by atoms with Gasteiger partial charge in [0.1, 0.15) is 0 Å². The molecule has 7 heteroatoms. The van der Waals surface area contributed by atoms with Gasteiger partial charge in [-0.3, -0.25) is 9.79 Å². The Labute approximate surface area is 179 Å². The fourth-order valence-corrected chi connectivity index (χ4v) is 3.38. The molecule has 2 unspecified atom stereocenters. The topological polar surface area (TPSA) is 85.8 Å². The van der Waals surface area contributed by atoms with Gasteiger partial charge in [0, 0.05) is 44.3 Å². The fraction of sp³-hybridized carbons (Fsp3) is 0.600. The monoisotopic (exact) mass is 488 g/mol. The van der Waals surface area contributed by atoms with E-state index in [1.807, 2.05) is 25.1 Å². The molecule has 0 aliphatic carbocycles. The summed E-state index contributed by atoms with van der Waals surface area (Å²) in [6, 6.07) is 7.97. The maximum absolute atomic E-state index is 12.0. The predicted octanol–water partition coefficient (Wildman–Crippen LogP) is 3.08. The van der Waals surface area contributed by atoms with Crippen molar-refractivity contribution in [3.05, 3.63) is 29.8 Å². The van der Waals surface area contributed by atoms with E-state index in [1.54, 1.807) is 0 Å². The summed E-state index contributed by atoms with van der Waals surface area (Å²) in [4.78, 5) is 16.7. The average Bonchev–Trinajstić information content (AvgIpc) is 2.63. The van der Waals surface area contributed by atoms with Crippen LogP contribution < -0.4 is 16.0 Å².